The maximum absolute atomic E-state index is 12.4. The van der Waals surface area contributed by atoms with E-state index in [1.807, 2.05) is 34.8 Å². The zero-order valence-electron chi connectivity index (χ0n) is 21.0. The number of quaternary nitrogens is 1. The number of anilines is 2. The number of nitrogens with zero attached hydrogens (tertiary/aromatic N) is 3. The average Bonchev–Trinajstić information content (AvgIpc) is 3.56. The molecule has 1 fully saturated rings. The van der Waals surface area contributed by atoms with Crippen LogP contribution in [0.1, 0.15) is 32.4 Å². The van der Waals surface area contributed by atoms with E-state index in [2.05, 4.69) is 10.7 Å². The molecule has 6 N–H and O–H groups in total. The fourth-order valence-corrected chi connectivity index (χ4v) is 5.41. The van der Waals surface area contributed by atoms with Crippen LogP contribution in [0, 0.1) is 0 Å². The van der Waals surface area contributed by atoms with E-state index in [0.717, 1.165) is 15.8 Å². The fourth-order valence-electron chi connectivity index (χ4n) is 4.11. The molecule has 1 saturated heterocycles. The van der Waals surface area contributed by atoms with Gasteiger partial charge in [-0.1, -0.05) is 40.7 Å². The molecule has 13 nitrogen and oxygen atoms in total. The zero-order valence-corrected chi connectivity index (χ0v) is 22.6. The van der Waals surface area contributed by atoms with E-state index in [-0.39, 0.29) is 18.3 Å². The molecule has 1 aliphatic heterocycles. The summed E-state index contributed by atoms with van der Waals surface area (Å²) in [6, 6.07) is 19.1. The lowest BCUT2D eigenvalue weighted by molar-refractivity contribution is -0.691. The van der Waals surface area contributed by atoms with Crippen LogP contribution in [0.15, 0.2) is 66.7 Å². The summed E-state index contributed by atoms with van der Waals surface area (Å²) in [5.41, 5.74) is 7.89. The molecule has 0 spiro atoms. The molecule has 0 saturated carbocycles. The van der Waals surface area contributed by atoms with Crippen molar-refractivity contribution < 1.29 is 37.8 Å². The number of thiazole rings is 1. The van der Waals surface area contributed by atoms with E-state index in [4.69, 9.17) is 14.3 Å². The number of carbonyl (C=O) groups excluding carboxylic acids is 1. The second-order valence-electron chi connectivity index (χ2n) is 8.73. The molecule has 0 radical (unpaired) electrons. The summed E-state index contributed by atoms with van der Waals surface area (Å²) >= 11 is 1.48. The molecule has 40 heavy (non-hydrogen) atoms. The molecule has 208 valence electrons. The Morgan fingerprint density at radius 3 is 2.52 bits per heavy atom. The number of nitrogens with two attached hydrogens (primary N) is 1. The maximum Gasteiger partial charge on any atom is 0.335 e. The number of carbonyl (C=O) groups is 2. The van der Waals surface area contributed by atoms with Crippen LogP contribution in [0.5, 0.6) is 5.75 Å². The van der Waals surface area contributed by atoms with Gasteiger partial charge in [0.1, 0.15) is 11.4 Å². The van der Waals surface area contributed by atoms with Crippen LogP contribution in [0.3, 0.4) is 0 Å². The Kier molecular flexibility index (Phi) is 7.55. The van der Waals surface area contributed by atoms with E-state index in [1.165, 1.54) is 30.6 Å². The number of amides is 1. The quantitative estimate of drug-likeness (QED) is 0.142. The summed E-state index contributed by atoms with van der Waals surface area (Å²) in [7, 11) is -2.71. The monoisotopic (exact) mass is 585 g/mol. The lowest BCUT2D eigenvalue weighted by Gasteiger charge is -2.24. The first-order valence-corrected chi connectivity index (χ1v) is 14.4. The number of ether oxygens (including phenoxy) is 1. The molecule has 1 aliphatic rings. The highest BCUT2D eigenvalue weighted by Gasteiger charge is 2.38. The molecule has 0 aliphatic carbocycles. The molecule has 4 aromatic rings. The van der Waals surface area contributed by atoms with Crippen LogP contribution in [0.2, 0.25) is 0 Å². The Hall–Kier alpha value is -4.28. The van der Waals surface area contributed by atoms with Crippen molar-refractivity contribution in [1.82, 2.24) is 15.7 Å². The standard InChI is InChI=1S/C25H24N6O7S2/c1-38-20-14-17(24(33)34)10-11-19(20)30-28-22(29-31(30)25-27-18-4-2-3-5-21(18)39-25)15-6-8-16(9-7-15)23(32)26-12-13-40(35,36)37/h2-11,14,22,28-29H,12-13H2,1H3,(H,26,32)(H,33,34)(H,35,36,37)/p+1. The highest BCUT2D eigenvalue weighted by atomic mass is 32.2. The van der Waals surface area contributed by atoms with Crippen LogP contribution in [-0.4, -0.2) is 54.3 Å². The number of aromatic carboxylic acids is 1. The first-order valence-electron chi connectivity index (χ1n) is 11.9. The Morgan fingerprint density at radius 1 is 1.12 bits per heavy atom. The van der Waals surface area contributed by atoms with Gasteiger partial charge in [-0.15, -0.1) is 0 Å². The normalized spacial score (nSPS) is 15.4. The van der Waals surface area contributed by atoms with Gasteiger partial charge in [-0.3, -0.25) is 9.35 Å². The smallest absolute Gasteiger partial charge is 0.335 e. The number of hydrogen-bond donors (Lipinski definition) is 5. The van der Waals surface area contributed by atoms with Crippen molar-refractivity contribution in [3.8, 4) is 5.75 Å². The van der Waals surface area contributed by atoms with Crippen molar-refractivity contribution in [1.29, 1.82) is 0 Å². The number of methoxy groups -OCH3 is 1. The molecule has 1 unspecified atom stereocenters. The number of hydrazine groups is 2. The molecular formula is C25H25N6O7S2+. The first-order chi connectivity index (χ1) is 19.1. The summed E-state index contributed by atoms with van der Waals surface area (Å²) in [6.45, 7) is -0.216. The minimum Gasteiger partial charge on any atom is -0.494 e. The summed E-state index contributed by atoms with van der Waals surface area (Å²) in [5, 5.41) is 16.1. The molecule has 1 atom stereocenters. The third-order valence-electron chi connectivity index (χ3n) is 6.08. The van der Waals surface area contributed by atoms with Crippen molar-refractivity contribution >= 4 is 54.4 Å². The van der Waals surface area contributed by atoms with Gasteiger partial charge in [0, 0.05) is 17.7 Å². The molecule has 2 heterocycles. The number of carboxylic acid groups (broad SMARTS) is 1. The summed E-state index contributed by atoms with van der Waals surface area (Å²) < 4.78 is 37.1. The van der Waals surface area contributed by atoms with Gasteiger partial charge in [-0.25, -0.2) is 9.78 Å². The molecular weight excluding hydrogens is 560 g/mol. The molecule has 0 bridgehead atoms. The number of rotatable bonds is 9. The highest BCUT2D eigenvalue weighted by molar-refractivity contribution is 7.85. The van der Waals surface area contributed by atoms with E-state index < -0.39 is 27.7 Å². The highest BCUT2D eigenvalue weighted by Crippen LogP contribution is 2.35. The van der Waals surface area contributed by atoms with Gasteiger partial charge in [-0.2, -0.15) is 24.4 Å². The van der Waals surface area contributed by atoms with Crippen LogP contribution >= 0.6 is 11.3 Å². The average molecular weight is 586 g/mol. The Morgan fingerprint density at radius 2 is 1.85 bits per heavy atom. The summed E-state index contributed by atoms with van der Waals surface area (Å²) in [5.74, 6) is -1.79. The topological polar surface area (TPSA) is 178 Å². The van der Waals surface area contributed by atoms with Gasteiger partial charge < -0.3 is 15.2 Å². The third-order valence-corrected chi connectivity index (χ3v) is 7.82. The third kappa shape index (κ3) is 5.83. The van der Waals surface area contributed by atoms with Gasteiger partial charge >= 0.3 is 5.97 Å². The lowest BCUT2D eigenvalue weighted by Crippen LogP contribution is -2.93. The molecule has 5 rings (SSSR count). The minimum absolute atomic E-state index is 0.0808. The van der Waals surface area contributed by atoms with Crippen molar-refractivity contribution in [2.45, 2.75) is 6.17 Å². The number of benzene rings is 3. The maximum atomic E-state index is 12.4. The van der Waals surface area contributed by atoms with Gasteiger partial charge in [0.15, 0.2) is 0 Å². The first kappa shape index (κ1) is 27.3. The fraction of sp³-hybridized carbons (Fsp3) is 0.160. The van der Waals surface area contributed by atoms with Crippen molar-refractivity contribution in [3.63, 3.8) is 0 Å². The Balaban J connectivity index is 1.43. The largest absolute Gasteiger partial charge is 0.494 e. The molecule has 15 heteroatoms. The molecule has 1 aromatic heterocycles. The number of carboxylic acids is 1. The predicted octanol–water partition coefficient (Wildman–Crippen LogP) is 1.54. The van der Waals surface area contributed by atoms with Crippen molar-refractivity contribution in [3.05, 3.63) is 83.4 Å². The number of para-hydroxylation sites is 1. The van der Waals surface area contributed by atoms with E-state index in [0.29, 0.717) is 22.1 Å². The Labute approximate surface area is 232 Å². The van der Waals surface area contributed by atoms with Crippen LogP contribution < -0.4 is 31.1 Å². The van der Waals surface area contributed by atoms with Crippen LogP contribution in [0.25, 0.3) is 10.2 Å². The van der Waals surface area contributed by atoms with E-state index >= 15 is 0 Å². The number of nitrogens with one attached hydrogen (secondary N) is 2. The summed E-state index contributed by atoms with van der Waals surface area (Å²) in [4.78, 5) is 28.7. The van der Waals surface area contributed by atoms with E-state index in [9.17, 15) is 23.1 Å². The predicted molar refractivity (Wildman–Crippen MR) is 148 cm³/mol. The lowest BCUT2D eigenvalue weighted by atomic mass is 10.1. The van der Waals surface area contributed by atoms with Gasteiger partial charge in [0.2, 0.25) is 6.17 Å². The van der Waals surface area contributed by atoms with Gasteiger partial charge in [0.25, 0.3) is 21.2 Å². The molecule has 1 amide bonds. The van der Waals surface area contributed by atoms with E-state index in [1.54, 1.807) is 35.4 Å². The number of aromatic nitrogens is 1. The van der Waals surface area contributed by atoms with Gasteiger partial charge in [-0.05, 0) is 42.5 Å². The SMILES string of the molecule is COc1cc(C(=O)O)ccc1N1NC(c2ccc(C(=O)NCCS(=O)(=O)O)cc2)[NH2+]N1c1nc2ccccc2s1. The second-order valence-corrected chi connectivity index (χ2v) is 11.3. The number of fused-ring (bicyclic) bond motifs is 1. The van der Waals surface area contributed by atoms with Crippen LogP contribution in [-0.2, 0) is 10.1 Å². The summed E-state index contributed by atoms with van der Waals surface area (Å²) in [6.07, 6.45) is -0.368. The van der Waals surface area contributed by atoms with Gasteiger partial charge in [0.05, 0.1) is 28.6 Å². The number of hydrogen-bond acceptors (Lipinski definition) is 10. The molecule has 3 aromatic carbocycles. The van der Waals surface area contributed by atoms with Crippen molar-refractivity contribution in [2.24, 2.45) is 0 Å². The second kappa shape index (κ2) is 11.1. The zero-order chi connectivity index (χ0) is 28.4. The Bertz CT molecular complexity index is 1640. The van der Waals surface area contributed by atoms with Crippen molar-refractivity contribution in [2.75, 3.05) is 29.6 Å². The van der Waals surface area contributed by atoms with Crippen LogP contribution in [0.4, 0.5) is 10.8 Å². The minimum atomic E-state index is -4.18.